The molecule has 84 valence electrons. The third-order valence-electron chi connectivity index (χ3n) is 2.52. The molecule has 1 atom stereocenters. The minimum Gasteiger partial charge on any atom is -0.314 e. The summed E-state index contributed by atoms with van der Waals surface area (Å²) in [7, 11) is -3.37. The molecule has 0 aromatic carbocycles. The Morgan fingerprint density at radius 3 is 3.00 bits per heavy atom. The molecule has 2 heterocycles. The number of piperazine rings is 1. The van der Waals surface area contributed by atoms with Gasteiger partial charge in [-0.15, -0.1) is 0 Å². The van der Waals surface area contributed by atoms with Gasteiger partial charge in [-0.3, -0.25) is 5.10 Å². The smallest absolute Gasteiger partial charge is 0.246 e. The molecule has 1 aliphatic rings. The molecule has 0 bridgehead atoms. The first-order chi connectivity index (χ1) is 7.12. The molecule has 7 heteroatoms. The van der Waals surface area contributed by atoms with Crippen LogP contribution in [0.1, 0.15) is 6.92 Å². The zero-order valence-electron chi connectivity index (χ0n) is 8.47. The fourth-order valence-corrected chi connectivity index (χ4v) is 3.23. The molecule has 1 unspecified atom stereocenters. The van der Waals surface area contributed by atoms with Crippen LogP contribution in [0.4, 0.5) is 0 Å². The summed E-state index contributed by atoms with van der Waals surface area (Å²) in [6, 6.07) is -0.0151. The van der Waals surface area contributed by atoms with Gasteiger partial charge in [0.05, 0.1) is 6.20 Å². The quantitative estimate of drug-likeness (QED) is 0.710. The van der Waals surface area contributed by atoms with Gasteiger partial charge >= 0.3 is 0 Å². The van der Waals surface area contributed by atoms with Crippen LogP contribution < -0.4 is 5.32 Å². The van der Waals surface area contributed by atoms with Crippen LogP contribution in [0.25, 0.3) is 0 Å². The highest BCUT2D eigenvalue weighted by Gasteiger charge is 2.31. The van der Waals surface area contributed by atoms with Crippen molar-refractivity contribution in [3.05, 3.63) is 12.4 Å². The number of aromatic amines is 1. The first kappa shape index (κ1) is 10.6. The van der Waals surface area contributed by atoms with Crippen LogP contribution in [0.3, 0.4) is 0 Å². The van der Waals surface area contributed by atoms with E-state index in [-0.39, 0.29) is 10.9 Å². The zero-order valence-corrected chi connectivity index (χ0v) is 9.29. The molecule has 0 aliphatic carbocycles. The van der Waals surface area contributed by atoms with Crippen molar-refractivity contribution in [3.8, 4) is 0 Å². The molecule has 15 heavy (non-hydrogen) atoms. The van der Waals surface area contributed by atoms with Crippen molar-refractivity contribution < 1.29 is 8.42 Å². The molecular weight excluding hydrogens is 216 g/mol. The fraction of sp³-hybridized carbons (Fsp3) is 0.625. The van der Waals surface area contributed by atoms with Crippen LogP contribution in [0.5, 0.6) is 0 Å². The third-order valence-corrected chi connectivity index (χ3v) is 4.50. The number of rotatable bonds is 2. The second-order valence-electron chi connectivity index (χ2n) is 3.60. The monoisotopic (exact) mass is 230 g/mol. The molecule has 1 aliphatic heterocycles. The molecule has 1 saturated heterocycles. The Bertz CT molecular complexity index is 414. The average molecular weight is 230 g/mol. The second kappa shape index (κ2) is 3.92. The molecule has 1 aromatic rings. The van der Waals surface area contributed by atoms with Crippen LogP contribution in [-0.4, -0.2) is 48.6 Å². The number of hydrogen-bond acceptors (Lipinski definition) is 4. The van der Waals surface area contributed by atoms with Crippen molar-refractivity contribution in [2.24, 2.45) is 0 Å². The van der Waals surface area contributed by atoms with Crippen molar-refractivity contribution in [1.29, 1.82) is 0 Å². The Labute approximate surface area is 88.7 Å². The summed E-state index contributed by atoms with van der Waals surface area (Å²) in [6.07, 6.45) is 2.74. The topological polar surface area (TPSA) is 78.1 Å². The molecule has 0 saturated carbocycles. The average Bonchev–Trinajstić information content (AvgIpc) is 2.71. The molecule has 0 spiro atoms. The molecule has 2 N–H and O–H groups in total. The maximum atomic E-state index is 12.1. The molecule has 6 nitrogen and oxygen atoms in total. The van der Waals surface area contributed by atoms with Crippen molar-refractivity contribution in [2.45, 2.75) is 17.9 Å². The van der Waals surface area contributed by atoms with E-state index in [1.54, 1.807) is 0 Å². The van der Waals surface area contributed by atoms with Crippen molar-refractivity contribution in [1.82, 2.24) is 19.8 Å². The summed E-state index contributed by atoms with van der Waals surface area (Å²) in [5.41, 5.74) is 0. The van der Waals surface area contributed by atoms with Crippen molar-refractivity contribution in [3.63, 3.8) is 0 Å². The van der Waals surface area contributed by atoms with Gasteiger partial charge in [0.2, 0.25) is 10.0 Å². The lowest BCUT2D eigenvalue weighted by Crippen LogP contribution is -2.52. The lowest BCUT2D eigenvalue weighted by atomic mass is 10.3. The lowest BCUT2D eigenvalue weighted by Gasteiger charge is -2.32. The number of sulfonamides is 1. The molecule has 1 aromatic heterocycles. The van der Waals surface area contributed by atoms with E-state index >= 15 is 0 Å². The molecule has 1 fully saturated rings. The van der Waals surface area contributed by atoms with Gasteiger partial charge in [0.15, 0.2) is 0 Å². The van der Waals surface area contributed by atoms with Gasteiger partial charge in [-0.05, 0) is 6.92 Å². The summed E-state index contributed by atoms with van der Waals surface area (Å²) < 4.78 is 25.7. The first-order valence-electron chi connectivity index (χ1n) is 4.83. The summed E-state index contributed by atoms with van der Waals surface area (Å²) in [5.74, 6) is 0. The highest BCUT2D eigenvalue weighted by molar-refractivity contribution is 7.89. The Kier molecular flexibility index (Phi) is 2.76. The number of nitrogens with one attached hydrogen (secondary N) is 2. The zero-order chi connectivity index (χ0) is 10.9. The summed E-state index contributed by atoms with van der Waals surface area (Å²) in [6.45, 7) is 3.79. The Morgan fingerprint density at radius 1 is 1.60 bits per heavy atom. The van der Waals surface area contributed by atoms with Crippen LogP contribution in [0, 0.1) is 0 Å². The number of aromatic nitrogens is 2. The van der Waals surface area contributed by atoms with Gasteiger partial charge in [-0.25, -0.2) is 8.42 Å². The fourth-order valence-electron chi connectivity index (χ4n) is 1.69. The van der Waals surface area contributed by atoms with E-state index < -0.39 is 10.0 Å². The van der Waals surface area contributed by atoms with Gasteiger partial charge in [0.1, 0.15) is 4.90 Å². The largest absolute Gasteiger partial charge is 0.314 e. The minimum atomic E-state index is -3.37. The van der Waals surface area contributed by atoms with E-state index in [9.17, 15) is 8.42 Å². The van der Waals surface area contributed by atoms with E-state index in [4.69, 9.17) is 0 Å². The molecule has 0 radical (unpaired) electrons. The van der Waals surface area contributed by atoms with Crippen LogP contribution in [0.2, 0.25) is 0 Å². The van der Waals surface area contributed by atoms with Gasteiger partial charge < -0.3 is 5.32 Å². The Hall–Kier alpha value is -0.920. The van der Waals surface area contributed by atoms with Crippen LogP contribution in [-0.2, 0) is 10.0 Å². The lowest BCUT2D eigenvalue weighted by molar-refractivity contribution is 0.284. The van der Waals surface area contributed by atoms with Gasteiger partial charge in [-0.1, -0.05) is 0 Å². The standard InChI is InChI=1S/C8H14N4O2S/c1-7-4-9-2-3-12(7)15(13,14)8-5-10-11-6-8/h5-7,9H,2-4H2,1H3,(H,10,11). The van der Waals surface area contributed by atoms with Gasteiger partial charge in [0, 0.05) is 31.9 Å². The molecule has 0 amide bonds. The summed E-state index contributed by atoms with van der Waals surface area (Å²) >= 11 is 0. The third kappa shape index (κ3) is 1.90. The predicted octanol–water partition coefficient (Wildman–Crippen LogP) is -0.608. The molecular formula is C8H14N4O2S. The Balaban J connectivity index is 2.29. The number of hydrogen-bond donors (Lipinski definition) is 2. The van der Waals surface area contributed by atoms with E-state index in [1.807, 2.05) is 6.92 Å². The van der Waals surface area contributed by atoms with Crippen molar-refractivity contribution >= 4 is 10.0 Å². The number of nitrogens with zero attached hydrogens (tertiary/aromatic N) is 2. The van der Waals surface area contributed by atoms with E-state index in [0.29, 0.717) is 19.6 Å². The summed E-state index contributed by atoms with van der Waals surface area (Å²) in [4.78, 5) is 0.233. The van der Waals surface area contributed by atoms with Crippen LogP contribution >= 0.6 is 0 Å². The predicted molar refractivity (Wildman–Crippen MR) is 54.8 cm³/mol. The summed E-state index contributed by atoms with van der Waals surface area (Å²) in [5, 5.41) is 9.33. The molecule has 2 rings (SSSR count). The highest BCUT2D eigenvalue weighted by atomic mass is 32.2. The SMILES string of the molecule is CC1CNCCN1S(=O)(=O)c1cn[nH]c1. The van der Waals surface area contributed by atoms with E-state index in [1.165, 1.54) is 16.7 Å². The van der Waals surface area contributed by atoms with Gasteiger partial charge in [0.25, 0.3) is 0 Å². The van der Waals surface area contributed by atoms with E-state index in [0.717, 1.165) is 0 Å². The Morgan fingerprint density at radius 2 is 2.40 bits per heavy atom. The van der Waals surface area contributed by atoms with Gasteiger partial charge in [-0.2, -0.15) is 9.40 Å². The normalized spacial score (nSPS) is 24.2. The number of H-pyrrole nitrogens is 1. The second-order valence-corrected chi connectivity index (χ2v) is 5.49. The van der Waals surface area contributed by atoms with E-state index in [2.05, 4.69) is 15.5 Å². The van der Waals surface area contributed by atoms with Crippen LogP contribution in [0.15, 0.2) is 17.3 Å². The minimum absolute atomic E-state index is 0.0151. The maximum Gasteiger partial charge on any atom is 0.246 e. The maximum absolute atomic E-state index is 12.1. The first-order valence-corrected chi connectivity index (χ1v) is 6.28. The van der Waals surface area contributed by atoms with Crippen molar-refractivity contribution in [2.75, 3.05) is 19.6 Å². The highest BCUT2D eigenvalue weighted by Crippen LogP contribution is 2.17.